The first-order valence-corrected chi connectivity index (χ1v) is 8.23. The van der Waals surface area contributed by atoms with Crippen molar-refractivity contribution in [2.75, 3.05) is 6.54 Å². The molecule has 1 heterocycles. The highest BCUT2D eigenvalue weighted by Crippen LogP contribution is 2.28. The molecule has 0 unspecified atom stereocenters. The third-order valence-corrected chi connectivity index (χ3v) is 3.56. The molecule has 0 saturated heterocycles. The van der Waals surface area contributed by atoms with Crippen LogP contribution in [0.5, 0.6) is 0 Å². The van der Waals surface area contributed by atoms with E-state index in [0.717, 1.165) is 25.8 Å². The average Bonchev–Trinajstić information content (AvgIpc) is 2.40. The maximum atomic E-state index is 2.49. The average molecular weight is 275 g/mol. The minimum Gasteiger partial charge on any atom is -0.352 e. The van der Waals surface area contributed by atoms with E-state index < -0.39 is 0 Å². The molecule has 0 saturated carbocycles. The Morgan fingerprint density at radius 3 is 2.55 bits per heavy atom. The summed E-state index contributed by atoms with van der Waals surface area (Å²) in [5.41, 5.74) is 3.21. The third kappa shape index (κ3) is 6.98. The second-order valence-electron chi connectivity index (χ2n) is 7.18. The fraction of sp³-hybridized carbons (Fsp3) is 0.684. The fourth-order valence-electron chi connectivity index (χ4n) is 2.56. The molecular formula is C19H33N. The van der Waals surface area contributed by atoms with Gasteiger partial charge in [0.25, 0.3) is 0 Å². The molecular weight excluding hydrogens is 242 g/mol. The Morgan fingerprint density at radius 2 is 1.90 bits per heavy atom. The van der Waals surface area contributed by atoms with E-state index in [2.05, 4.69) is 63.9 Å². The van der Waals surface area contributed by atoms with Gasteiger partial charge >= 0.3 is 0 Å². The van der Waals surface area contributed by atoms with Crippen molar-refractivity contribution in [3.8, 4) is 0 Å². The number of hydrogen-bond donors (Lipinski definition) is 0. The van der Waals surface area contributed by atoms with Gasteiger partial charge in [-0.15, -0.1) is 0 Å². The lowest BCUT2D eigenvalue weighted by Crippen LogP contribution is -2.22. The summed E-state index contributed by atoms with van der Waals surface area (Å²) in [4.78, 5) is 2.49. The van der Waals surface area contributed by atoms with E-state index in [1.165, 1.54) is 30.5 Å². The van der Waals surface area contributed by atoms with Crippen LogP contribution in [0.1, 0.15) is 73.1 Å². The molecule has 0 fully saturated rings. The molecule has 1 aliphatic rings. The van der Waals surface area contributed by atoms with E-state index >= 15 is 0 Å². The fourth-order valence-corrected chi connectivity index (χ4v) is 2.56. The van der Waals surface area contributed by atoms with E-state index in [1.54, 1.807) is 0 Å². The van der Waals surface area contributed by atoms with Crippen molar-refractivity contribution in [1.29, 1.82) is 0 Å². The van der Waals surface area contributed by atoms with E-state index in [-0.39, 0.29) is 0 Å². The first-order chi connectivity index (χ1) is 9.42. The largest absolute Gasteiger partial charge is 0.352 e. The molecule has 0 aliphatic carbocycles. The van der Waals surface area contributed by atoms with Crippen molar-refractivity contribution in [3.05, 3.63) is 35.7 Å². The van der Waals surface area contributed by atoms with Crippen molar-refractivity contribution in [1.82, 2.24) is 4.90 Å². The van der Waals surface area contributed by atoms with Gasteiger partial charge in [0.1, 0.15) is 0 Å². The van der Waals surface area contributed by atoms with Gasteiger partial charge in [0.2, 0.25) is 0 Å². The quantitative estimate of drug-likeness (QED) is 0.552. The van der Waals surface area contributed by atoms with Crippen LogP contribution < -0.4 is 0 Å². The van der Waals surface area contributed by atoms with Crippen LogP contribution in [-0.2, 0) is 0 Å². The molecule has 0 bridgehead atoms. The van der Waals surface area contributed by atoms with Crippen LogP contribution in [0.15, 0.2) is 35.7 Å². The molecule has 0 radical (unpaired) electrons. The van der Waals surface area contributed by atoms with E-state index in [1.807, 2.05) is 0 Å². The van der Waals surface area contributed by atoms with Crippen molar-refractivity contribution in [2.45, 2.75) is 73.1 Å². The van der Waals surface area contributed by atoms with Gasteiger partial charge in [-0.1, -0.05) is 58.3 Å². The number of rotatable bonds is 5. The Labute approximate surface area is 126 Å². The maximum absolute atomic E-state index is 2.49. The minimum absolute atomic E-state index is 0.330. The maximum Gasteiger partial charge on any atom is 0.0222 e. The molecule has 0 aromatic carbocycles. The van der Waals surface area contributed by atoms with Crippen LogP contribution in [0.4, 0.5) is 0 Å². The van der Waals surface area contributed by atoms with Gasteiger partial charge in [-0.25, -0.2) is 0 Å². The summed E-state index contributed by atoms with van der Waals surface area (Å²) in [6, 6.07) is 0. The van der Waals surface area contributed by atoms with Crippen molar-refractivity contribution >= 4 is 0 Å². The summed E-state index contributed by atoms with van der Waals surface area (Å²) >= 11 is 0. The lowest BCUT2D eigenvalue weighted by molar-refractivity contribution is 0.339. The van der Waals surface area contributed by atoms with Gasteiger partial charge in [0.15, 0.2) is 0 Å². The molecule has 1 nitrogen and oxygen atoms in total. The Morgan fingerprint density at radius 1 is 1.15 bits per heavy atom. The zero-order valence-electron chi connectivity index (χ0n) is 14.2. The van der Waals surface area contributed by atoms with Gasteiger partial charge in [-0.3, -0.25) is 0 Å². The summed E-state index contributed by atoms with van der Waals surface area (Å²) in [7, 11) is 0. The van der Waals surface area contributed by atoms with Crippen LogP contribution in [0.2, 0.25) is 0 Å². The monoisotopic (exact) mass is 275 g/mol. The van der Waals surface area contributed by atoms with Crippen molar-refractivity contribution in [2.24, 2.45) is 5.41 Å². The molecule has 0 aromatic rings. The van der Waals surface area contributed by atoms with E-state index in [0.29, 0.717) is 5.41 Å². The number of nitrogens with zero attached hydrogens (tertiary/aromatic N) is 1. The van der Waals surface area contributed by atoms with Gasteiger partial charge in [-0.2, -0.15) is 0 Å². The number of unbranched alkanes of at least 4 members (excludes halogenated alkanes) is 2. The molecule has 0 aromatic heterocycles. The SMILES string of the molecule is CCCCCN1/C=C/CC/C=C(C)/C=C\1CC(C)(C)C. The Kier molecular flexibility index (Phi) is 7.12. The summed E-state index contributed by atoms with van der Waals surface area (Å²) < 4.78 is 0. The molecule has 1 heteroatoms. The van der Waals surface area contributed by atoms with E-state index in [9.17, 15) is 0 Å². The first-order valence-electron chi connectivity index (χ1n) is 8.23. The molecule has 20 heavy (non-hydrogen) atoms. The van der Waals surface area contributed by atoms with Crippen LogP contribution in [0.25, 0.3) is 0 Å². The molecule has 0 amide bonds. The van der Waals surface area contributed by atoms with Gasteiger partial charge in [-0.05, 0) is 50.3 Å². The predicted molar refractivity (Wildman–Crippen MR) is 90.5 cm³/mol. The van der Waals surface area contributed by atoms with Gasteiger partial charge < -0.3 is 4.90 Å². The molecule has 0 atom stereocenters. The lowest BCUT2D eigenvalue weighted by Gasteiger charge is -2.29. The molecule has 1 aliphatic heterocycles. The summed E-state index contributed by atoms with van der Waals surface area (Å²) in [6.07, 6.45) is 16.7. The number of allylic oxidation sites excluding steroid dienone is 5. The van der Waals surface area contributed by atoms with Crippen molar-refractivity contribution in [3.63, 3.8) is 0 Å². The topological polar surface area (TPSA) is 3.24 Å². The lowest BCUT2D eigenvalue weighted by atomic mass is 9.89. The van der Waals surface area contributed by atoms with Crippen LogP contribution in [-0.4, -0.2) is 11.4 Å². The van der Waals surface area contributed by atoms with Crippen LogP contribution in [0, 0.1) is 5.41 Å². The normalized spacial score (nSPS) is 23.9. The van der Waals surface area contributed by atoms with Crippen LogP contribution >= 0.6 is 0 Å². The predicted octanol–water partition coefficient (Wildman–Crippen LogP) is 6.05. The molecule has 0 spiro atoms. The Balaban J connectivity index is 2.91. The van der Waals surface area contributed by atoms with Gasteiger partial charge in [0.05, 0.1) is 0 Å². The minimum atomic E-state index is 0.330. The highest BCUT2D eigenvalue weighted by Gasteiger charge is 2.17. The smallest absolute Gasteiger partial charge is 0.0222 e. The Hall–Kier alpha value is -0.980. The molecule has 1 rings (SSSR count). The summed E-state index contributed by atoms with van der Waals surface area (Å²) in [5.74, 6) is 0. The third-order valence-electron chi connectivity index (χ3n) is 3.56. The number of hydrogen-bond acceptors (Lipinski definition) is 1. The van der Waals surface area contributed by atoms with Crippen molar-refractivity contribution < 1.29 is 0 Å². The standard InChI is InChI=1S/C19H33N/c1-6-7-10-13-20-14-11-8-9-12-17(2)15-18(20)16-19(3,4)5/h11-12,14-15H,6-10,13,16H2,1-5H3/b14-11+,17-12+,18-15-. The van der Waals surface area contributed by atoms with Gasteiger partial charge in [0, 0.05) is 12.2 Å². The summed E-state index contributed by atoms with van der Waals surface area (Å²) in [6.45, 7) is 12.6. The highest BCUT2D eigenvalue weighted by molar-refractivity contribution is 5.24. The Bertz CT molecular complexity index is 366. The zero-order valence-corrected chi connectivity index (χ0v) is 14.2. The molecule has 0 N–H and O–H groups in total. The summed E-state index contributed by atoms with van der Waals surface area (Å²) in [5, 5.41) is 0. The second kappa shape index (κ2) is 8.34. The highest BCUT2D eigenvalue weighted by atomic mass is 15.1. The van der Waals surface area contributed by atoms with E-state index in [4.69, 9.17) is 0 Å². The zero-order chi connectivity index (χ0) is 15.0. The first kappa shape index (κ1) is 17.1. The second-order valence-corrected chi connectivity index (χ2v) is 7.18. The molecule has 114 valence electrons. The van der Waals surface area contributed by atoms with Crippen LogP contribution in [0.3, 0.4) is 0 Å².